The fraction of sp³-hybridized carbons (Fsp3) is 0.286. The van der Waals surface area contributed by atoms with Crippen LogP contribution in [0.2, 0.25) is 0 Å². The third-order valence-corrected chi connectivity index (χ3v) is 3.46. The lowest BCUT2D eigenvalue weighted by Crippen LogP contribution is -2.26. The first-order valence-corrected chi connectivity index (χ1v) is 6.05. The van der Waals surface area contributed by atoms with Gasteiger partial charge in [0, 0.05) is 5.69 Å². The molecular weight excluding hydrogens is 226 g/mol. The minimum atomic E-state index is 0.115. The van der Waals surface area contributed by atoms with Crippen molar-refractivity contribution in [3.8, 4) is 0 Å². The van der Waals surface area contributed by atoms with Gasteiger partial charge in [-0.15, -0.1) is 0 Å². The van der Waals surface area contributed by atoms with Gasteiger partial charge in [0.15, 0.2) is 0 Å². The molecule has 0 spiro atoms. The molecule has 0 N–H and O–H groups in total. The second-order valence-electron chi connectivity index (χ2n) is 4.63. The molecule has 0 saturated carbocycles. The quantitative estimate of drug-likeness (QED) is 0.807. The lowest BCUT2D eigenvalue weighted by atomic mass is 10.2. The summed E-state index contributed by atoms with van der Waals surface area (Å²) >= 11 is 0. The van der Waals surface area contributed by atoms with E-state index in [0.29, 0.717) is 13.1 Å². The highest BCUT2D eigenvalue weighted by atomic mass is 16.2. The minimum absolute atomic E-state index is 0.115. The Morgan fingerprint density at radius 3 is 2.67 bits per heavy atom. The number of anilines is 1. The van der Waals surface area contributed by atoms with Gasteiger partial charge in [0.05, 0.1) is 12.2 Å². The van der Waals surface area contributed by atoms with Crippen molar-refractivity contribution in [1.82, 2.24) is 9.55 Å². The van der Waals surface area contributed by atoms with Gasteiger partial charge in [-0.05, 0) is 19.4 Å². The molecule has 1 aromatic heterocycles. The molecule has 92 valence electrons. The van der Waals surface area contributed by atoms with Crippen LogP contribution in [0, 0.1) is 13.8 Å². The minimum Gasteiger partial charge on any atom is -0.305 e. The fourth-order valence-electron chi connectivity index (χ4n) is 2.29. The summed E-state index contributed by atoms with van der Waals surface area (Å²) in [5.41, 5.74) is 3.20. The number of rotatable bonds is 2. The van der Waals surface area contributed by atoms with Crippen LogP contribution >= 0.6 is 0 Å². The number of aromatic nitrogens is 2. The average Bonchev–Trinajstić information content (AvgIpc) is 2.81. The van der Waals surface area contributed by atoms with Crippen molar-refractivity contribution < 1.29 is 4.79 Å². The first-order valence-electron chi connectivity index (χ1n) is 6.05. The SMILES string of the molecule is Cc1nc2n(c1C)CC(=O)N2Cc1ccccc1. The van der Waals surface area contributed by atoms with E-state index in [-0.39, 0.29) is 5.91 Å². The smallest absolute Gasteiger partial charge is 0.249 e. The van der Waals surface area contributed by atoms with Crippen molar-refractivity contribution in [2.24, 2.45) is 0 Å². The Morgan fingerprint density at radius 1 is 1.22 bits per heavy atom. The van der Waals surface area contributed by atoms with E-state index in [2.05, 4.69) is 4.98 Å². The molecule has 0 radical (unpaired) electrons. The van der Waals surface area contributed by atoms with Crippen LogP contribution < -0.4 is 4.90 Å². The third-order valence-electron chi connectivity index (χ3n) is 3.46. The van der Waals surface area contributed by atoms with Gasteiger partial charge in [-0.25, -0.2) is 4.98 Å². The first-order chi connectivity index (χ1) is 8.66. The summed E-state index contributed by atoms with van der Waals surface area (Å²) in [5, 5.41) is 0. The Morgan fingerprint density at radius 2 is 1.94 bits per heavy atom. The molecule has 2 aromatic rings. The molecule has 4 heteroatoms. The first kappa shape index (κ1) is 11.0. The zero-order valence-electron chi connectivity index (χ0n) is 10.6. The van der Waals surface area contributed by atoms with Crippen molar-refractivity contribution >= 4 is 11.9 Å². The maximum atomic E-state index is 12.0. The van der Waals surface area contributed by atoms with Gasteiger partial charge in [0.25, 0.3) is 0 Å². The highest BCUT2D eigenvalue weighted by Gasteiger charge is 2.30. The second kappa shape index (κ2) is 3.98. The van der Waals surface area contributed by atoms with Gasteiger partial charge in [0.1, 0.15) is 6.54 Å². The number of imidazole rings is 1. The summed E-state index contributed by atoms with van der Waals surface area (Å²) < 4.78 is 1.99. The molecule has 1 aliphatic rings. The summed E-state index contributed by atoms with van der Waals surface area (Å²) in [6.45, 7) is 4.99. The predicted molar refractivity (Wildman–Crippen MR) is 69.3 cm³/mol. The molecule has 4 nitrogen and oxygen atoms in total. The Bertz CT molecular complexity index is 601. The molecule has 1 amide bonds. The Hall–Kier alpha value is -2.10. The largest absolute Gasteiger partial charge is 0.305 e. The van der Waals surface area contributed by atoms with Crippen LogP contribution in [-0.4, -0.2) is 15.5 Å². The second-order valence-corrected chi connectivity index (χ2v) is 4.63. The number of aryl methyl sites for hydroxylation is 1. The van der Waals surface area contributed by atoms with Crippen LogP contribution in [-0.2, 0) is 17.9 Å². The summed E-state index contributed by atoms with van der Waals surface area (Å²) in [6, 6.07) is 10.00. The summed E-state index contributed by atoms with van der Waals surface area (Å²) in [7, 11) is 0. The number of amides is 1. The summed E-state index contributed by atoms with van der Waals surface area (Å²) in [6.07, 6.45) is 0. The zero-order valence-corrected chi connectivity index (χ0v) is 10.6. The molecule has 1 aliphatic heterocycles. The van der Waals surface area contributed by atoms with E-state index in [1.165, 1.54) is 0 Å². The van der Waals surface area contributed by atoms with Crippen molar-refractivity contribution in [1.29, 1.82) is 0 Å². The molecule has 0 aliphatic carbocycles. The number of nitrogens with zero attached hydrogens (tertiary/aromatic N) is 3. The van der Waals surface area contributed by atoms with Crippen LogP contribution in [0.15, 0.2) is 30.3 Å². The Kier molecular flexibility index (Phi) is 2.44. The standard InChI is InChI=1S/C14H15N3O/c1-10-11(2)16-9-13(18)17(14(16)15-10)8-12-6-4-3-5-7-12/h3-7H,8-9H2,1-2H3. The maximum absolute atomic E-state index is 12.0. The van der Waals surface area contributed by atoms with E-state index in [9.17, 15) is 4.79 Å². The highest BCUT2D eigenvalue weighted by Crippen LogP contribution is 2.26. The molecule has 3 rings (SSSR count). The van der Waals surface area contributed by atoms with Crippen LogP contribution in [0.25, 0.3) is 0 Å². The Labute approximate surface area is 106 Å². The highest BCUT2D eigenvalue weighted by molar-refractivity contribution is 5.95. The molecule has 18 heavy (non-hydrogen) atoms. The number of hydrogen-bond acceptors (Lipinski definition) is 2. The average molecular weight is 241 g/mol. The van der Waals surface area contributed by atoms with Gasteiger partial charge >= 0.3 is 0 Å². The lowest BCUT2D eigenvalue weighted by molar-refractivity contribution is -0.118. The van der Waals surface area contributed by atoms with Crippen LogP contribution in [0.4, 0.5) is 5.95 Å². The van der Waals surface area contributed by atoms with Gasteiger partial charge < -0.3 is 4.57 Å². The van der Waals surface area contributed by atoms with Gasteiger partial charge in [-0.2, -0.15) is 0 Å². The number of benzene rings is 1. The van der Waals surface area contributed by atoms with Crippen LogP contribution in [0.3, 0.4) is 0 Å². The van der Waals surface area contributed by atoms with Gasteiger partial charge in [-0.1, -0.05) is 30.3 Å². The number of hydrogen-bond donors (Lipinski definition) is 0. The van der Waals surface area contributed by atoms with Crippen molar-refractivity contribution in [2.75, 3.05) is 4.90 Å². The van der Waals surface area contributed by atoms with E-state index in [4.69, 9.17) is 0 Å². The van der Waals surface area contributed by atoms with Crippen molar-refractivity contribution in [3.05, 3.63) is 47.3 Å². The number of carbonyl (C=O) groups is 1. The number of carbonyl (C=O) groups excluding carboxylic acids is 1. The van der Waals surface area contributed by atoms with Crippen molar-refractivity contribution in [3.63, 3.8) is 0 Å². The Balaban J connectivity index is 1.95. The van der Waals surface area contributed by atoms with E-state index in [0.717, 1.165) is 22.9 Å². The topological polar surface area (TPSA) is 38.1 Å². The molecule has 0 saturated heterocycles. The van der Waals surface area contributed by atoms with Gasteiger partial charge in [-0.3, -0.25) is 9.69 Å². The molecule has 0 unspecified atom stereocenters. The van der Waals surface area contributed by atoms with Crippen molar-refractivity contribution in [2.45, 2.75) is 26.9 Å². The normalized spacial score (nSPS) is 14.1. The molecule has 0 bridgehead atoms. The molecular formula is C14H15N3O. The zero-order chi connectivity index (χ0) is 12.7. The monoisotopic (exact) mass is 241 g/mol. The molecule has 0 atom stereocenters. The van der Waals surface area contributed by atoms with Gasteiger partial charge in [0.2, 0.25) is 11.9 Å². The third kappa shape index (κ3) is 1.61. The van der Waals surface area contributed by atoms with E-state index >= 15 is 0 Å². The number of fused-ring (bicyclic) bond motifs is 1. The lowest BCUT2D eigenvalue weighted by Gasteiger charge is -2.13. The molecule has 2 heterocycles. The van der Waals surface area contributed by atoms with E-state index in [1.807, 2.05) is 48.7 Å². The fourth-order valence-corrected chi connectivity index (χ4v) is 2.29. The predicted octanol–water partition coefficient (Wildman–Crippen LogP) is 2.05. The van der Waals surface area contributed by atoms with E-state index < -0.39 is 0 Å². The van der Waals surface area contributed by atoms with E-state index in [1.54, 1.807) is 4.90 Å². The summed E-state index contributed by atoms with van der Waals surface area (Å²) in [4.78, 5) is 18.3. The summed E-state index contributed by atoms with van der Waals surface area (Å²) in [5.74, 6) is 0.892. The molecule has 0 fully saturated rings. The molecule has 1 aromatic carbocycles. The maximum Gasteiger partial charge on any atom is 0.249 e. The van der Waals surface area contributed by atoms with Crippen LogP contribution in [0.1, 0.15) is 17.0 Å². The van der Waals surface area contributed by atoms with Crippen LogP contribution in [0.5, 0.6) is 0 Å².